The summed E-state index contributed by atoms with van der Waals surface area (Å²) in [5.41, 5.74) is 0.639. The topological polar surface area (TPSA) is 68.3 Å². The number of halogens is 3. The molecule has 0 radical (unpaired) electrons. The lowest BCUT2D eigenvalue weighted by atomic mass is 10.0. The highest BCUT2D eigenvalue weighted by Crippen LogP contribution is 2.31. The van der Waals surface area contributed by atoms with Gasteiger partial charge in [0, 0.05) is 36.0 Å². The van der Waals surface area contributed by atoms with Gasteiger partial charge in [-0.25, -0.2) is 13.8 Å². The number of ketones is 1. The number of nitrogens with zero attached hydrogens (tertiary/aromatic N) is 1. The summed E-state index contributed by atoms with van der Waals surface area (Å²) in [6, 6.07) is 11.3. The third-order valence-corrected chi connectivity index (χ3v) is 5.19. The Bertz CT molecular complexity index is 1180. The van der Waals surface area contributed by atoms with E-state index in [-0.39, 0.29) is 41.8 Å². The summed E-state index contributed by atoms with van der Waals surface area (Å²) < 4.78 is 34.0. The summed E-state index contributed by atoms with van der Waals surface area (Å²) in [7, 11) is 0. The van der Waals surface area contributed by atoms with E-state index in [0.717, 1.165) is 12.8 Å². The molecule has 32 heavy (non-hydrogen) atoms. The average Bonchev–Trinajstić information content (AvgIpc) is 3.59. The third-order valence-electron chi connectivity index (χ3n) is 4.95. The van der Waals surface area contributed by atoms with Gasteiger partial charge >= 0.3 is 0 Å². The highest BCUT2D eigenvalue weighted by atomic mass is 35.5. The van der Waals surface area contributed by atoms with Crippen molar-refractivity contribution >= 4 is 29.1 Å². The number of amides is 1. The molecule has 164 valence electrons. The van der Waals surface area contributed by atoms with Crippen molar-refractivity contribution in [3.05, 3.63) is 82.5 Å². The average molecular weight is 457 g/mol. The minimum atomic E-state index is -0.649. The van der Waals surface area contributed by atoms with Crippen molar-refractivity contribution in [1.82, 2.24) is 4.98 Å². The standard InChI is InChI=1S/C24H19ClF2N2O3/c25-17-4-5-20(26)16(11-17)12-18(30)9-14-1-6-22(21(27)10-14)32-19-7-8-28-23(13-19)29-24(31)15-2-3-15/h1,4-8,10-11,13,15H,2-3,9,12H2,(H,28,29,31). The maximum absolute atomic E-state index is 14.6. The lowest BCUT2D eigenvalue weighted by Crippen LogP contribution is -2.14. The molecule has 4 rings (SSSR count). The maximum atomic E-state index is 14.6. The van der Waals surface area contributed by atoms with Gasteiger partial charge in [-0.2, -0.15) is 0 Å². The summed E-state index contributed by atoms with van der Waals surface area (Å²) in [6.45, 7) is 0. The fraction of sp³-hybridized carbons (Fsp3) is 0.208. The van der Waals surface area contributed by atoms with Gasteiger partial charge in [0.25, 0.3) is 0 Å². The molecular formula is C24H19ClF2N2O3. The highest BCUT2D eigenvalue weighted by Gasteiger charge is 2.29. The van der Waals surface area contributed by atoms with Crippen molar-refractivity contribution in [3.63, 3.8) is 0 Å². The van der Waals surface area contributed by atoms with E-state index < -0.39 is 11.6 Å². The SMILES string of the molecule is O=C(Cc1ccc(Oc2ccnc(NC(=O)C3CC3)c2)c(F)c1)Cc1cc(Cl)ccc1F. The second-order valence-corrected chi connectivity index (χ2v) is 8.07. The molecule has 1 saturated carbocycles. The molecule has 2 aromatic carbocycles. The van der Waals surface area contributed by atoms with Crippen LogP contribution in [-0.4, -0.2) is 16.7 Å². The predicted octanol–water partition coefficient (Wildman–Crippen LogP) is 5.51. The summed E-state index contributed by atoms with van der Waals surface area (Å²) in [6.07, 6.45) is 3.00. The van der Waals surface area contributed by atoms with Crippen LogP contribution < -0.4 is 10.1 Å². The van der Waals surface area contributed by atoms with Crippen LogP contribution in [0.2, 0.25) is 5.02 Å². The molecule has 1 N–H and O–H groups in total. The molecule has 0 saturated heterocycles. The van der Waals surface area contributed by atoms with Crippen LogP contribution in [0.4, 0.5) is 14.6 Å². The molecule has 0 bridgehead atoms. The molecule has 8 heteroatoms. The van der Waals surface area contributed by atoms with Gasteiger partial charge < -0.3 is 10.1 Å². The first-order chi connectivity index (χ1) is 15.4. The molecular weight excluding hydrogens is 438 g/mol. The molecule has 3 aromatic rings. The number of nitrogens with one attached hydrogen (secondary N) is 1. The maximum Gasteiger partial charge on any atom is 0.228 e. The van der Waals surface area contributed by atoms with E-state index in [2.05, 4.69) is 10.3 Å². The number of rotatable bonds is 8. The summed E-state index contributed by atoms with van der Waals surface area (Å²) in [4.78, 5) is 28.2. The van der Waals surface area contributed by atoms with Crippen molar-refractivity contribution in [2.75, 3.05) is 5.32 Å². The summed E-state index contributed by atoms with van der Waals surface area (Å²) in [5.74, 6) is -0.887. The van der Waals surface area contributed by atoms with Gasteiger partial charge in [0.1, 0.15) is 23.2 Å². The van der Waals surface area contributed by atoms with E-state index in [1.807, 2.05) is 0 Å². The number of pyridine rings is 1. The second-order valence-electron chi connectivity index (χ2n) is 7.64. The Morgan fingerprint density at radius 3 is 2.59 bits per heavy atom. The van der Waals surface area contributed by atoms with E-state index in [0.29, 0.717) is 22.2 Å². The Labute approximate surface area is 188 Å². The molecule has 1 aliphatic carbocycles. The first-order valence-corrected chi connectivity index (χ1v) is 10.4. The molecule has 5 nitrogen and oxygen atoms in total. The number of carbonyl (C=O) groups is 2. The third kappa shape index (κ3) is 5.68. The minimum Gasteiger partial charge on any atom is -0.454 e. The van der Waals surface area contributed by atoms with Gasteiger partial charge in [-0.15, -0.1) is 0 Å². The van der Waals surface area contributed by atoms with Gasteiger partial charge in [-0.1, -0.05) is 17.7 Å². The number of benzene rings is 2. The van der Waals surface area contributed by atoms with Crippen LogP contribution in [0.5, 0.6) is 11.5 Å². The second kappa shape index (κ2) is 9.44. The minimum absolute atomic E-state index is 0.0319. The van der Waals surface area contributed by atoms with Crippen molar-refractivity contribution in [1.29, 1.82) is 0 Å². The molecule has 0 atom stereocenters. The van der Waals surface area contributed by atoms with E-state index in [1.54, 1.807) is 12.1 Å². The van der Waals surface area contributed by atoms with Crippen LogP contribution in [0.3, 0.4) is 0 Å². The first kappa shape index (κ1) is 21.9. The van der Waals surface area contributed by atoms with Crippen molar-refractivity contribution in [2.24, 2.45) is 5.92 Å². The van der Waals surface area contributed by atoms with Crippen LogP contribution >= 0.6 is 11.6 Å². The lowest BCUT2D eigenvalue weighted by molar-refractivity contribution is -0.118. The Kier molecular flexibility index (Phi) is 6.46. The fourth-order valence-electron chi connectivity index (χ4n) is 3.16. The Morgan fingerprint density at radius 1 is 1.03 bits per heavy atom. The summed E-state index contributed by atoms with van der Waals surface area (Å²) in [5, 5.41) is 3.05. The van der Waals surface area contributed by atoms with Crippen LogP contribution in [0, 0.1) is 17.6 Å². The number of Topliss-reactive ketones (excluding diaryl/α,β-unsaturated/α-hetero) is 1. The smallest absolute Gasteiger partial charge is 0.228 e. The zero-order valence-electron chi connectivity index (χ0n) is 16.9. The van der Waals surface area contributed by atoms with Crippen molar-refractivity contribution < 1.29 is 23.1 Å². The monoisotopic (exact) mass is 456 g/mol. The van der Waals surface area contributed by atoms with Crippen LogP contribution in [0.15, 0.2) is 54.7 Å². The lowest BCUT2D eigenvalue weighted by Gasteiger charge is -2.10. The summed E-state index contributed by atoms with van der Waals surface area (Å²) >= 11 is 5.85. The largest absolute Gasteiger partial charge is 0.454 e. The Balaban J connectivity index is 1.39. The van der Waals surface area contributed by atoms with Gasteiger partial charge in [0.05, 0.1) is 0 Å². The number of anilines is 1. The first-order valence-electron chi connectivity index (χ1n) is 10.1. The predicted molar refractivity (Wildman–Crippen MR) is 116 cm³/mol. The molecule has 1 aromatic heterocycles. The van der Waals surface area contributed by atoms with Gasteiger partial charge in [-0.3, -0.25) is 9.59 Å². The normalized spacial score (nSPS) is 13.0. The number of carbonyl (C=O) groups excluding carboxylic acids is 2. The van der Waals surface area contributed by atoms with Crippen molar-refractivity contribution in [2.45, 2.75) is 25.7 Å². The van der Waals surface area contributed by atoms with Gasteiger partial charge in [0.2, 0.25) is 5.91 Å². The zero-order valence-corrected chi connectivity index (χ0v) is 17.7. The molecule has 0 spiro atoms. The zero-order chi connectivity index (χ0) is 22.7. The fourth-order valence-corrected chi connectivity index (χ4v) is 3.36. The van der Waals surface area contributed by atoms with Crippen LogP contribution in [0.1, 0.15) is 24.0 Å². The van der Waals surface area contributed by atoms with Crippen molar-refractivity contribution in [3.8, 4) is 11.5 Å². The molecule has 1 amide bonds. The molecule has 0 unspecified atom stereocenters. The molecule has 0 aliphatic heterocycles. The Hall–Kier alpha value is -3.32. The number of aromatic nitrogens is 1. The van der Waals surface area contributed by atoms with Gasteiger partial charge in [-0.05, 0) is 60.4 Å². The van der Waals surface area contributed by atoms with E-state index in [9.17, 15) is 18.4 Å². The quantitative estimate of drug-likeness (QED) is 0.485. The number of hydrogen-bond donors (Lipinski definition) is 1. The van der Waals surface area contributed by atoms with Crippen LogP contribution in [0.25, 0.3) is 0 Å². The van der Waals surface area contributed by atoms with E-state index >= 15 is 0 Å². The number of ether oxygens (including phenoxy) is 1. The molecule has 1 fully saturated rings. The Morgan fingerprint density at radius 2 is 1.84 bits per heavy atom. The molecule has 1 heterocycles. The van der Waals surface area contributed by atoms with E-state index in [1.165, 1.54) is 42.6 Å². The highest BCUT2D eigenvalue weighted by molar-refractivity contribution is 6.30. The van der Waals surface area contributed by atoms with Gasteiger partial charge in [0.15, 0.2) is 11.6 Å². The molecule has 1 aliphatic rings. The van der Waals surface area contributed by atoms with E-state index in [4.69, 9.17) is 16.3 Å². The number of hydrogen-bond acceptors (Lipinski definition) is 4. The van der Waals surface area contributed by atoms with Crippen LogP contribution in [-0.2, 0) is 22.4 Å².